The smallest absolute Gasteiger partial charge is 0.228 e. The minimum Gasteiger partial charge on any atom is -0.327 e. The molecule has 1 amide bonds. The Morgan fingerprint density at radius 1 is 1.22 bits per heavy atom. The number of piperidine rings is 1. The Hall–Kier alpha value is -2.73. The van der Waals surface area contributed by atoms with Gasteiger partial charge < -0.3 is 9.88 Å². The zero-order valence-electron chi connectivity index (χ0n) is 15.6. The number of amides is 1. The SMILES string of the molecule is CCn1c(CN2CCC[C@H](C(=O)Nc3ccncc3)C2)nc2ccccc21. The molecule has 3 aromatic rings. The number of nitrogens with one attached hydrogen (secondary N) is 1. The molecule has 1 N–H and O–H groups in total. The zero-order valence-corrected chi connectivity index (χ0v) is 15.6. The number of benzene rings is 1. The summed E-state index contributed by atoms with van der Waals surface area (Å²) in [5, 5.41) is 3.01. The molecule has 1 atom stereocenters. The third kappa shape index (κ3) is 3.85. The number of aromatic nitrogens is 3. The van der Waals surface area contributed by atoms with Gasteiger partial charge in [0.25, 0.3) is 0 Å². The molecule has 6 nitrogen and oxygen atoms in total. The van der Waals surface area contributed by atoms with E-state index in [0.29, 0.717) is 0 Å². The molecule has 0 unspecified atom stereocenters. The number of para-hydroxylation sites is 2. The topological polar surface area (TPSA) is 63.1 Å². The van der Waals surface area contributed by atoms with Crippen LogP contribution in [0.2, 0.25) is 0 Å². The maximum absolute atomic E-state index is 12.7. The minimum atomic E-state index is 0.00590. The molecule has 6 heteroatoms. The van der Waals surface area contributed by atoms with Crippen LogP contribution in [-0.2, 0) is 17.9 Å². The number of carbonyl (C=O) groups is 1. The van der Waals surface area contributed by atoms with Gasteiger partial charge in [0.15, 0.2) is 0 Å². The van der Waals surface area contributed by atoms with Gasteiger partial charge in [0, 0.05) is 31.2 Å². The second kappa shape index (κ2) is 7.88. The van der Waals surface area contributed by atoms with Crippen molar-refractivity contribution in [3.05, 3.63) is 54.6 Å². The Morgan fingerprint density at radius 3 is 2.85 bits per heavy atom. The first-order chi connectivity index (χ1) is 13.2. The van der Waals surface area contributed by atoms with Crippen molar-refractivity contribution >= 4 is 22.6 Å². The molecule has 2 aromatic heterocycles. The van der Waals surface area contributed by atoms with E-state index in [-0.39, 0.29) is 11.8 Å². The molecule has 1 aliphatic rings. The van der Waals surface area contributed by atoms with Crippen LogP contribution in [0.25, 0.3) is 11.0 Å². The minimum absolute atomic E-state index is 0.00590. The van der Waals surface area contributed by atoms with Gasteiger partial charge in [0.1, 0.15) is 5.82 Å². The lowest BCUT2D eigenvalue weighted by atomic mass is 9.97. The zero-order chi connectivity index (χ0) is 18.6. The summed E-state index contributed by atoms with van der Waals surface area (Å²) in [6.07, 6.45) is 5.34. The van der Waals surface area contributed by atoms with E-state index in [1.807, 2.05) is 18.2 Å². The number of anilines is 1. The Morgan fingerprint density at radius 2 is 2.04 bits per heavy atom. The standard InChI is InChI=1S/C21H25N5O/c1-2-26-19-8-4-3-7-18(19)24-20(26)15-25-13-5-6-16(14-25)21(27)23-17-9-11-22-12-10-17/h3-4,7-12,16H,2,5-6,13-15H2,1H3,(H,22,23,27)/t16-/m0/s1. The molecule has 0 spiro atoms. The van der Waals surface area contributed by atoms with Crippen molar-refractivity contribution in [2.45, 2.75) is 32.9 Å². The highest BCUT2D eigenvalue weighted by Gasteiger charge is 2.27. The van der Waals surface area contributed by atoms with Crippen LogP contribution in [-0.4, -0.2) is 38.4 Å². The lowest BCUT2D eigenvalue weighted by Crippen LogP contribution is -2.40. The fraction of sp³-hybridized carbons (Fsp3) is 0.381. The Labute approximate surface area is 159 Å². The van der Waals surface area contributed by atoms with E-state index in [0.717, 1.165) is 56.0 Å². The number of hydrogen-bond acceptors (Lipinski definition) is 4. The van der Waals surface area contributed by atoms with Crippen molar-refractivity contribution in [3.8, 4) is 0 Å². The van der Waals surface area contributed by atoms with Crippen molar-refractivity contribution in [1.82, 2.24) is 19.4 Å². The molecule has 27 heavy (non-hydrogen) atoms. The van der Waals surface area contributed by atoms with Gasteiger partial charge in [-0.05, 0) is 50.6 Å². The van der Waals surface area contributed by atoms with E-state index in [9.17, 15) is 4.79 Å². The Balaban J connectivity index is 1.45. The lowest BCUT2D eigenvalue weighted by Gasteiger charge is -2.31. The highest BCUT2D eigenvalue weighted by Crippen LogP contribution is 2.22. The summed E-state index contributed by atoms with van der Waals surface area (Å²) < 4.78 is 2.27. The van der Waals surface area contributed by atoms with Crippen LogP contribution in [0, 0.1) is 5.92 Å². The third-order valence-corrected chi connectivity index (χ3v) is 5.24. The Kier molecular flexibility index (Phi) is 5.16. The van der Waals surface area contributed by atoms with Crippen molar-refractivity contribution < 1.29 is 4.79 Å². The molecule has 1 aliphatic heterocycles. The molecule has 0 radical (unpaired) electrons. The number of likely N-dealkylation sites (tertiary alicyclic amines) is 1. The number of fused-ring (bicyclic) bond motifs is 1. The Bertz CT molecular complexity index is 921. The summed E-state index contributed by atoms with van der Waals surface area (Å²) in [4.78, 5) is 23.8. The van der Waals surface area contributed by atoms with Gasteiger partial charge in [-0.1, -0.05) is 12.1 Å². The van der Waals surface area contributed by atoms with E-state index in [1.54, 1.807) is 12.4 Å². The van der Waals surface area contributed by atoms with Gasteiger partial charge in [-0.3, -0.25) is 14.7 Å². The average molecular weight is 363 g/mol. The molecule has 1 fully saturated rings. The van der Waals surface area contributed by atoms with Crippen LogP contribution in [0.5, 0.6) is 0 Å². The van der Waals surface area contributed by atoms with Gasteiger partial charge in [-0.2, -0.15) is 0 Å². The van der Waals surface area contributed by atoms with Gasteiger partial charge in [-0.15, -0.1) is 0 Å². The molecule has 0 saturated carbocycles. The highest BCUT2D eigenvalue weighted by molar-refractivity contribution is 5.92. The first-order valence-corrected chi connectivity index (χ1v) is 9.62. The predicted octanol–water partition coefficient (Wildman–Crippen LogP) is 3.30. The van der Waals surface area contributed by atoms with Crippen LogP contribution in [0.1, 0.15) is 25.6 Å². The fourth-order valence-corrected chi connectivity index (χ4v) is 3.89. The quantitative estimate of drug-likeness (QED) is 0.755. The molecule has 0 aliphatic carbocycles. The van der Waals surface area contributed by atoms with E-state index >= 15 is 0 Å². The van der Waals surface area contributed by atoms with E-state index < -0.39 is 0 Å². The predicted molar refractivity (Wildman–Crippen MR) is 106 cm³/mol. The van der Waals surface area contributed by atoms with E-state index in [1.165, 1.54) is 5.52 Å². The summed E-state index contributed by atoms with van der Waals surface area (Å²) in [7, 11) is 0. The molecule has 1 aromatic carbocycles. The van der Waals surface area contributed by atoms with Crippen molar-refractivity contribution in [2.75, 3.05) is 18.4 Å². The molecule has 0 bridgehead atoms. The van der Waals surface area contributed by atoms with E-state index in [2.05, 4.69) is 44.9 Å². The number of aryl methyl sites for hydroxylation is 1. The van der Waals surface area contributed by atoms with Crippen LogP contribution >= 0.6 is 0 Å². The number of pyridine rings is 1. The normalized spacial score (nSPS) is 17.9. The molecule has 4 rings (SSSR count). The summed E-state index contributed by atoms with van der Waals surface area (Å²) in [6.45, 7) is 5.60. The summed E-state index contributed by atoms with van der Waals surface area (Å²) in [5.74, 6) is 1.18. The van der Waals surface area contributed by atoms with Gasteiger partial charge in [0.2, 0.25) is 5.91 Å². The first-order valence-electron chi connectivity index (χ1n) is 9.62. The van der Waals surface area contributed by atoms with Crippen LogP contribution < -0.4 is 5.32 Å². The maximum Gasteiger partial charge on any atom is 0.228 e. The molecule has 1 saturated heterocycles. The number of carbonyl (C=O) groups excluding carboxylic acids is 1. The number of imidazole rings is 1. The van der Waals surface area contributed by atoms with Gasteiger partial charge >= 0.3 is 0 Å². The van der Waals surface area contributed by atoms with Crippen molar-refractivity contribution in [1.29, 1.82) is 0 Å². The summed E-state index contributed by atoms with van der Waals surface area (Å²) in [6, 6.07) is 11.9. The number of rotatable bonds is 5. The largest absolute Gasteiger partial charge is 0.327 e. The van der Waals surface area contributed by atoms with Crippen molar-refractivity contribution in [3.63, 3.8) is 0 Å². The molecular formula is C21H25N5O. The maximum atomic E-state index is 12.7. The van der Waals surface area contributed by atoms with Gasteiger partial charge in [-0.25, -0.2) is 4.98 Å². The second-order valence-corrected chi connectivity index (χ2v) is 7.06. The van der Waals surface area contributed by atoms with Crippen LogP contribution in [0.15, 0.2) is 48.8 Å². The second-order valence-electron chi connectivity index (χ2n) is 7.06. The van der Waals surface area contributed by atoms with E-state index in [4.69, 9.17) is 4.98 Å². The number of nitrogens with zero attached hydrogens (tertiary/aromatic N) is 4. The average Bonchev–Trinajstić information content (AvgIpc) is 3.06. The molecular weight excluding hydrogens is 338 g/mol. The summed E-state index contributed by atoms with van der Waals surface area (Å²) >= 11 is 0. The van der Waals surface area contributed by atoms with Crippen molar-refractivity contribution in [2.24, 2.45) is 5.92 Å². The van der Waals surface area contributed by atoms with Gasteiger partial charge in [0.05, 0.1) is 23.5 Å². The fourth-order valence-electron chi connectivity index (χ4n) is 3.89. The molecule has 3 heterocycles. The first kappa shape index (κ1) is 17.7. The third-order valence-electron chi connectivity index (χ3n) is 5.24. The summed E-state index contributed by atoms with van der Waals surface area (Å²) in [5.41, 5.74) is 3.03. The van der Waals surface area contributed by atoms with Crippen LogP contribution in [0.4, 0.5) is 5.69 Å². The number of hydrogen-bond donors (Lipinski definition) is 1. The molecule has 140 valence electrons. The highest BCUT2D eigenvalue weighted by atomic mass is 16.1. The lowest BCUT2D eigenvalue weighted by molar-refractivity contribution is -0.121. The monoisotopic (exact) mass is 363 g/mol. The van der Waals surface area contributed by atoms with Crippen LogP contribution in [0.3, 0.4) is 0 Å².